The van der Waals surface area contributed by atoms with Crippen LogP contribution in [-0.2, 0) is 9.53 Å². The maximum Gasteiger partial charge on any atom is 0.293 e. The molecule has 2 heterocycles. The van der Waals surface area contributed by atoms with Gasteiger partial charge in [0.2, 0.25) is 0 Å². The second-order valence-electron chi connectivity index (χ2n) is 3.61. The summed E-state index contributed by atoms with van der Waals surface area (Å²) in [7, 11) is 0. The summed E-state index contributed by atoms with van der Waals surface area (Å²) in [5.74, 6) is 0. The van der Waals surface area contributed by atoms with Crippen molar-refractivity contribution in [1.29, 1.82) is 0 Å². The third-order valence-corrected chi connectivity index (χ3v) is 2.10. The summed E-state index contributed by atoms with van der Waals surface area (Å²) in [5.41, 5.74) is 2.96. The minimum absolute atomic E-state index is 0.431. The monoisotopic (exact) mass is 259 g/mol. The van der Waals surface area contributed by atoms with Gasteiger partial charge in [0.05, 0.1) is 30.4 Å². The van der Waals surface area contributed by atoms with Crippen LogP contribution < -0.4 is 5.32 Å². The number of nitrogens with zero attached hydrogens (tertiary/aromatic N) is 2. The highest BCUT2D eigenvalue weighted by atomic mass is 16.5. The van der Waals surface area contributed by atoms with Gasteiger partial charge in [-0.3, -0.25) is 14.8 Å². The van der Waals surface area contributed by atoms with Crippen LogP contribution in [0.1, 0.15) is 12.6 Å². The van der Waals surface area contributed by atoms with E-state index in [0.717, 1.165) is 17.1 Å². The molecule has 5 nitrogen and oxygen atoms in total. The third-order valence-electron chi connectivity index (χ3n) is 2.10. The molecule has 2 aromatic heterocycles. The first-order valence-corrected chi connectivity index (χ1v) is 5.91. The summed E-state index contributed by atoms with van der Waals surface area (Å²) < 4.78 is 4.15. The Kier molecular flexibility index (Phi) is 6.65. The number of hydrogen-bond donors (Lipinski definition) is 1. The normalized spacial score (nSPS) is 8.95. The van der Waals surface area contributed by atoms with Gasteiger partial charge in [-0.2, -0.15) is 0 Å². The van der Waals surface area contributed by atoms with Crippen LogP contribution in [-0.4, -0.2) is 23.0 Å². The highest BCUT2D eigenvalue weighted by Crippen LogP contribution is 2.13. The molecule has 19 heavy (non-hydrogen) atoms. The summed E-state index contributed by atoms with van der Waals surface area (Å²) in [5, 5.41) is 3.21. The zero-order valence-electron chi connectivity index (χ0n) is 11.0. The van der Waals surface area contributed by atoms with E-state index >= 15 is 0 Å². The first-order valence-electron chi connectivity index (χ1n) is 5.91. The summed E-state index contributed by atoms with van der Waals surface area (Å²) in [4.78, 5) is 17.4. The molecule has 0 spiro atoms. The lowest BCUT2D eigenvalue weighted by molar-refractivity contribution is -0.128. The van der Waals surface area contributed by atoms with Crippen LogP contribution in [0.25, 0.3) is 0 Å². The van der Waals surface area contributed by atoms with Crippen molar-refractivity contribution in [2.24, 2.45) is 0 Å². The zero-order chi connectivity index (χ0) is 13.9. The Hall–Kier alpha value is -2.43. The van der Waals surface area contributed by atoms with Crippen LogP contribution in [0, 0.1) is 6.92 Å². The fourth-order valence-corrected chi connectivity index (χ4v) is 1.21. The summed E-state index contributed by atoms with van der Waals surface area (Å²) in [6.45, 7) is 4.63. The largest absolute Gasteiger partial charge is 0.468 e. The van der Waals surface area contributed by atoms with Gasteiger partial charge in [0, 0.05) is 11.9 Å². The lowest BCUT2D eigenvalue weighted by Crippen LogP contribution is -1.91. The smallest absolute Gasteiger partial charge is 0.293 e. The van der Waals surface area contributed by atoms with E-state index in [1.54, 1.807) is 19.3 Å². The Morgan fingerprint density at radius 3 is 2.53 bits per heavy atom. The van der Waals surface area contributed by atoms with Crippen molar-refractivity contribution in [2.75, 3.05) is 11.9 Å². The van der Waals surface area contributed by atoms with E-state index in [0.29, 0.717) is 13.1 Å². The number of carbonyl (C=O) groups excluding carboxylic acids is 1. The molecule has 0 bridgehead atoms. The van der Waals surface area contributed by atoms with E-state index in [-0.39, 0.29) is 0 Å². The fourth-order valence-electron chi connectivity index (χ4n) is 1.21. The Morgan fingerprint density at radius 1 is 1.26 bits per heavy atom. The predicted octanol–water partition coefficient (Wildman–Crippen LogP) is 2.71. The highest BCUT2D eigenvalue weighted by molar-refractivity contribution is 5.57. The number of pyridine rings is 2. The molecule has 0 aliphatic heterocycles. The molecule has 0 saturated heterocycles. The number of nitrogens with one attached hydrogen (secondary N) is 1. The first kappa shape index (κ1) is 14.6. The van der Waals surface area contributed by atoms with Gasteiger partial charge < -0.3 is 10.1 Å². The Labute approximate surface area is 112 Å². The Bertz CT molecular complexity index is 472. The molecule has 0 aliphatic carbocycles. The van der Waals surface area contributed by atoms with Crippen molar-refractivity contribution in [1.82, 2.24) is 9.97 Å². The predicted molar refractivity (Wildman–Crippen MR) is 74.2 cm³/mol. The second-order valence-corrected chi connectivity index (χ2v) is 3.61. The zero-order valence-corrected chi connectivity index (χ0v) is 11.0. The Balaban J connectivity index is 0.000000312. The van der Waals surface area contributed by atoms with Crippen LogP contribution in [0.4, 0.5) is 11.4 Å². The molecule has 0 atom stereocenters. The van der Waals surface area contributed by atoms with E-state index in [2.05, 4.69) is 20.0 Å². The van der Waals surface area contributed by atoms with Crippen LogP contribution in [0.5, 0.6) is 0 Å². The maximum absolute atomic E-state index is 9.18. The van der Waals surface area contributed by atoms with Gasteiger partial charge in [0.25, 0.3) is 6.47 Å². The summed E-state index contributed by atoms with van der Waals surface area (Å²) in [6, 6.07) is 7.82. The molecule has 2 aromatic rings. The van der Waals surface area contributed by atoms with Crippen molar-refractivity contribution in [3.63, 3.8) is 0 Å². The van der Waals surface area contributed by atoms with Gasteiger partial charge in [-0.05, 0) is 38.1 Å². The van der Waals surface area contributed by atoms with E-state index in [1.807, 2.05) is 37.4 Å². The molecule has 0 unspecified atom stereocenters. The maximum atomic E-state index is 9.18. The van der Waals surface area contributed by atoms with Gasteiger partial charge in [-0.25, -0.2) is 0 Å². The quantitative estimate of drug-likeness (QED) is 0.855. The number of hydrogen-bond acceptors (Lipinski definition) is 5. The van der Waals surface area contributed by atoms with Crippen molar-refractivity contribution in [3.8, 4) is 0 Å². The van der Waals surface area contributed by atoms with Crippen molar-refractivity contribution in [2.45, 2.75) is 13.8 Å². The molecule has 0 amide bonds. The van der Waals surface area contributed by atoms with Gasteiger partial charge in [0.15, 0.2) is 0 Å². The number of anilines is 2. The number of carbonyl (C=O) groups is 1. The molecule has 1 N–H and O–H groups in total. The molecule has 0 aromatic carbocycles. The lowest BCUT2D eigenvalue weighted by atomic mass is 10.3. The molecular formula is C14H17N3O2. The number of ether oxygens (including phenoxy) is 1. The number of aryl methyl sites for hydroxylation is 1. The fraction of sp³-hybridized carbons (Fsp3) is 0.214. The minimum atomic E-state index is 0.431. The van der Waals surface area contributed by atoms with E-state index in [1.165, 1.54) is 0 Å². The summed E-state index contributed by atoms with van der Waals surface area (Å²) >= 11 is 0. The van der Waals surface area contributed by atoms with Crippen molar-refractivity contribution < 1.29 is 9.53 Å². The molecular weight excluding hydrogens is 242 g/mol. The second kappa shape index (κ2) is 8.63. The van der Waals surface area contributed by atoms with Gasteiger partial charge >= 0.3 is 0 Å². The standard InChI is InChI=1S/C11H11N3.C3H6O2/c1-9-4-5-11(8-13-9)14-10-3-2-6-12-7-10;1-2-5-3-4/h2-8,14H,1H3;3H,2H2,1H3. The first-order chi connectivity index (χ1) is 9.26. The number of rotatable bonds is 4. The average Bonchev–Trinajstić information content (AvgIpc) is 2.44. The molecule has 0 fully saturated rings. The topological polar surface area (TPSA) is 64.1 Å². The SMILES string of the molecule is CCOC=O.Cc1ccc(Nc2cccnc2)cn1. The van der Waals surface area contributed by atoms with Gasteiger partial charge in [0.1, 0.15) is 0 Å². The third kappa shape index (κ3) is 6.16. The van der Waals surface area contributed by atoms with Crippen LogP contribution in [0.15, 0.2) is 42.9 Å². The molecule has 0 saturated carbocycles. The molecule has 2 rings (SSSR count). The van der Waals surface area contributed by atoms with Crippen LogP contribution >= 0.6 is 0 Å². The van der Waals surface area contributed by atoms with Crippen LogP contribution in [0.3, 0.4) is 0 Å². The highest BCUT2D eigenvalue weighted by Gasteiger charge is 1.93. The minimum Gasteiger partial charge on any atom is -0.468 e. The van der Waals surface area contributed by atoms with Crippen molar-refractivity contribution >= 4 is 17.8 Å². The Morgan fingerprint density at radius 2 is 2.05 bits per heavy atom. The molecule has 0 aliphatic rings. The van der Waals surface area contributed by atoms with E-state index < -0.39 is 0 Å². The average molecular weight is 259 g/mol. The van der Waals surface area contributed by atoms with Crippen molar-refractivity contribution in [3.05, 3.63) is 48.5 Å². The van der Waals surface area contributed by atoms with Crippen LogP contribution in [0.2, 0.25) is 0 Å². The number of aromatic nitrogens is 2. The molecule has 5 heteroatoms. The molecule has 0 radical (unpaired) electrons. The summed E-state index contributed by atoms with van der Waals surface area (Å²) in [6.07, 6.45) is 5.33. The molecule has 100 valence electrons. The van der Waals surface area contributed by atoms with E-state index in [4.69, 9.17) is 0 Å². The van der Waals surface area contributed by atoms with Gasteiger partial charge in [-0.15, -0.1) is 0 Å². The van der Waals surface area contributed by atoms with Gasteiger partial charge in [-0.1, -0.05) is 0 Å². The van der Waals surface area contributed by atoms with E-state index in [9.17, 15) is 4.79 Å². The lowest BCUT2D eigenvalue weighted by Gasteiger charge is -2.04.